The highest BCUT2D eigenvalue weighted by molar-refractivity contribution is 14.0. The molecule has 2 aliphatic rings. The van der Waals surface area contributed by atoms with Crippen molar-refractivity contribution in [3.63, 3.8) is 0 Å². The summed E-state index contributed by atoms with van der Waals surface area (Å²) in [5.41, 5.74) is 0. The predicted octanol–water partition coefficient (Wildman–Crippen LogP) is 0.363. The van der Waals surface area contributed by atoms with E-state index < -0.39 is 9.84 Å². The van der Waals surface area contributed by atoms with Gasteiger partial charge in [0.25, 0.3) is 0 Å². The van der Waals surface area contributed by atoms with E-state index in [9.17, 15) is 13.2 Å². The molecule has 9 nitrogen and oxygen atoms in total. The Morgan fingerprint density at radius 2 is 1.68 bits per heavy atom. The molecular formula is C20H40IN5O4S. The van der Waals surface area contributed by atoms with E-state index in [0.717, 1.165) is 45.2 Å². The van der Waals surface area contributed by atoms with Crippen LogP contribution in [0.4, 0.5) is 0 Å². The molecule has 31 heavy (non-hydrogen) atoms. The number of aliphatic imine (C=N–C) groups is 1. The van der Waals surface area contributed by atoms with Gasteiger partial charge in [0.1, 0.15) is 9.84 Å². The first-order chi connectivity index (χ1) is 14.2. The number of sulfone groups is 1. The van der Waals surface area contributed by atoms with Crippen LogP contribution in [-0.4, -0.2) is 120 Å². The minimum Gasteiger partial charge on any atom is -0.379 e. The lowest BCUT2D eigenvalue weighted by atomic mass is 9.92. The number of carbonyl (C=O) groups is 1. The van der Waals surface area contributed by atoms with Crippen LogP contribution in [0.25, 0.3) is 0 Å². The van der Waals surface area contributed by atoms with Gasteiger partial charge in [-0.1, -0.05) is 13.8 Å². The fourth-order valence-corrected chi connectivity index (χ4v) is 4.58. The van der Waals surface area contributed by atoms with E-state index in [-0.39, 0.29) is 42.2 Å². The van der Waals surface area contributed by atoms with Crippen molar-refractivity contribution in [1.82, 2.24) is 20.0 Å². The molecule has 0 aliphatic carbocycles. The van der Waals surface area contributed by atoms with Gasteiger partial charge in [0.2, 0.25) is 5.91 Å². The molecule has 11 heteroatoms. The van der Waals surface area contributed by atoms with Crippen LogP contribution < -0.4 is 5.32 Å². The van der Waals surface area contributed by atoms with E-state index in [1.165, 1.54) is 12.7 Å². The number of piperidine rings is 1. The van der Waals surface area contributed by atoms with Crippen molar-refractivity contribution in [3.05, 3.63) is 0 Å². The summed E-state index contributed by atoms with van der Waals surface area (Å²) >= 11 is 0. The first kappa shape index (κ1) is 28.4. The van der Waals surface area contributed by atoms with Crippen LogP contribution in [0.15, 0.2) is 4.99 Å². The molecule has 0 spiro atoms. The maximum absolute atomic E-state index is 12.7. The summed E-state index contributed by atoms with van der Waals surface area (Å²) in [4.78, 5) is 23.5. The molecule has 2 unspecified atom stereocenters. The zero-order valence-electron chi connectivity index (χ0n) is 19.4. The number of likely N-dealkylation sites (tertiary alicyclic amines) is 1. The average Bonchev–Trinajstić information content (AvgIpc) is 2.67. The minimum absolute atomic E-state index is 0. The third kappa shape index (κ3) is 10.7. The van der Waals surface area contributed by atoms with Crippen LogP contribution in [0.2, 0.25) is 0 Å². The average molecular weight is 574 g/mol. The largest absolute Gasteiger partial charge is 0.379 e. The van der Waals surface area contributed by atoms with Gasteiger partial charge in [-0.3, -0.25) is 14.7 Å². The van der Waals surface area contributed by atoms with E-state index in [0.29, 0.717) is 31.5 Å². The third-order valence-electron chi connectivity index (χ3n) is 5.59. The number of piperazine rings is 1. The second-order valence-electron chi connectivity index (χ2n) is 8.72. The predicted molar refractivity (Wildman–Crippen MR) is 135 cm³/mol. The number of nitrogens with zero attached hydrogens (tertiary/aromatic N) is 4. The van der Waals surface area contributed by atoms with Crippen LogP contribution in [0, 0.1) is 11.8 Å². The van der Waals surface area contributed by atoms with Gasteiger partial charge in [0.15, 0.2) is 5.96 Å². The first-order valence-electron chi connectivity index (χ1n) is 10.9. The van der Waals surface area contributed by atoms with Crippen molar-refractivity contribution in [1.29, 1.82) is 0 Å². The molecule has 2 heterocycles. The molecule has 2 atom stereocenters. The summed E-state index contributed by atoms with van der Waals surface area (Å²) in [7, 11) is -1.23. The Kier molecular flexibility index (Phi) is 12.6. The van der Waals surface area contributed by atoms with Gasteiger partial charge in [-0.05, 0) is 18.3 Å². The molecule has 2 saturated heterocycles. The van der Waals surface area contributed by atoms with Gasteiger partial charge in [-0.2, -0.15) is 0 Å². The van der Waals surface area contributed by atoms with Gasteiger partial charge in [0, 0.05) is 59.1 Å². The van der Waals surface area contributed by atoms with Crippen molar-refractivity contribution in [3.8, 4) is 0 Å². The Morgan fingerprint density at radius 1 is 1.06 bits per heavy atom. The molecule has 0 bridgehead atoms. The van der Waals surface area contributed by atoms with Gasteiger partial charge >= 0.3 is 0 Å². The standard InChI is InChI=1S/C20H39N5O4S.HI/c1-17-13-18(2)15-25(14-17)19(26)16-23-6-8-24(9-7-23)20(21-3)22-5-10-29-11-12-30(4,27)28;/h17-18H,5-16H2,1-4H3,(H,21,22);1H. The van der Waals surface area contributed by atoms with Gasteiger partial charge < -0.3 is 19.9 Å². The molecular weight excluding hydrogens is 533 g/mol. The number of hydrogen-bond acceptors (Lipinski definition) is 6. The smallest absolute Gasteiger partial charge is 0.236 e. The molecule has 182 valence electrons. The highest BCUT2D eigenvalue weighted by Gasteiger charge is 2.27. The zero-order chi connectivity index (χ0) is 22.1. The molecule has 0 saturated carbocycles. The Balaban J connectivity index is 0.00000480. The van der Waals surface area contributed by atoms with E-state index in [1.54, 1.807) is 7.05 Å². The molecule has 2 fully saturated rings. The van der Waals surface area contributed by atoms with E-state index in [2.05, 4.69) is 34.0 Å². The molecule has 1 amide bonds. The lowest BCUT2D eigenvalue weighted by Gasteiger charge is -2.39. The Bertz CT molecular complexity index is 673. The van der Waals surface area contributed by atoms with Crippen molar-refractivity contribution in [2.24, 2.45) is 16.8 Å². The Labute approximate surface area is 204 Å². The third-order valence-corrected chi connectivity index (χ3v) is 6.50. The summed E-state index contributed by atoms with van der Waals surface area (Å²) in [6.45, 7) is 11.2. The van der Waals surface area contributed by atoms with E-state index in [4.69, 9.17) is 4.74 Å². The molecule has 1 N–H and O–H groups in total. The number of hydrogen-bond donors (Lipinski definition) is 1. The maximum atomic E-state index is 12.7. The maximum Gasteiger partial charge on any atom is 0.236 e. The molecule has 2 aliphatic heterocycles. The summed E-state index contributed by atoms with van der Waals surface area (Å²) in [5.74, 6) is 2.26. The quantitative estimate of drug-likeness (QED) is 0.194. The fraction of sp³-hybridized carbons (Fsp3) is 0.900. The lowest BCUT2D eigenvalue weighted by Crippen LogP contribution is -2.55. The highest BCUT2D eigenvalue weighted by atomic mass is 127. The lowest BCUT2D eigenvalue weighted by molar-refractivity contribution is -0.135. The number of halogens is 1. The number of rotatable bonds is 8. The summed E-state index contributed by atoms with van der Waals surface area (Å²) < 4.78 is 27.5. The van der Waals surface area contributed by atoms with Crippen molar-refractivity contribution >= 4 is 45.7 Å². The number of amides is 1. The van der Waals surface area contributed by atoms with Gasteiger partial charge in [-0.15, -0.1) is 24.0 Å². The minimum atomic E-state index is -2.99. The van der Waals surface area contributed by atoms with Crippen LogP contribution in [0.3, 0.4) is 0 Å². The second-order valence-corrected chi connectivity index (χ2v) is 11.0. The zero-order valence-corrected chi connectivity index (χ0v) is 22.5. The molecule has 0 aromatic rings. The highest BCUT2D eigenvalue weighted by Crippen LogP contribution is 2.21. The van der Waals surface area contributed by atoms with Crippen LogP contribution >= 0.6 is 24.0 Å². The van der Waals surface area contributed by atoms with Gasteiger partial charge in [0.05, 0.1) is 25.5 Å². The number of guanidine groups is 1. The van der Waals surface area contributed by atoms with Crippen molar-refractivity contribution in [2.75, 3.05) is 84.6 Å². The topological polar surface area (TPSA) is 94.5 Å². The van der Waals surface area contributed by atoms with Gasteiger partial charge in [-0.25, -0.2) is 8.42 Å². The Hall–Kier alpha value is -0.660. The van der Waals surface area contributed by atoms with Crippen LogP contribution in [0.5, 0.6) is 0 Å². The van der Waals surface area contributed by atoms with Crippen LogP contribution in [0.1, 0.15) is 20.3 Å². The monoisotopic (exact) mass is 573 g/mol. The van der Waals surface area contributed by atoms with Crippen molar-refractivity contribution in [2.45, 2.75) is 20.3 Å². The SMILES string of the molecule is CN=C(NCCOCCS(C)(=O)=O)N1CCN(CC(=O)N2CC(C)CC(C)C2)CC1.I. The Morgan fingerprint density at radius 3 is 2.23 bits per heavy atom. The first-order valence-corrected chi connectivity index (χ1v) is 12.9. The normalized spacial score (nSPS) is 23.4. The second kappa shape index (κ2) is 13.8. The summed E-state index contributed by atoms with van der Waals surface area (Å²) in [5, 5.41) is 3.26. The summed E-state index contributed by atoms with van der Waals surface area (Å²) in [6, 6.07) is 0. The molecule has 0 aromatic carbocycles. The van der Waals surface area contributed by atoms with Crippen LogP contribution in [-0.2, 0) is 19.4 Å². The number of carbonyl (C=O) groups excluding carboxylic acids is 1. The molecule has 2 rings (SSSR count). The van der Waals surface area contributed by atoms with Crippen molar-refractivity contribution < 1.29 is 17.9 Å². The number of ether oxygens (including phenoxy) is 1. The number of nitrogens with one attached hydrogen (secondary N) is 1. The fourth-order valence-electron chi connectivity index (χ4n) is 4.16. The summed E-state index contributed by atoms with van der Waals surface area (Å²) in [6.07, 6.45) is 2.41. The molecule has 0 radical (unpaired) electrons. The van der Waals surface area contributed by atoms with E-state index >= 15 is 0 Å². The van der Waals surface area contributed by atoms with E-state index in [1.807, 2.05) is 4.90 Å². The molecule has 0 aromatic heterocycles.